The Morgan fingerprint density at radius 1 is 1.40 bits per heavy atom. The Hall–Kier alpha value is -0.570. The van der Waals surface area contributed by atoms with Crippen LogP contribution in [0.2, 0.25) is 0 Å². The Morgan fingerprint density at radius 3 is 2.60 bits per heavy atom. The Kier molecular flexibility index (Phi) is 8.38. The highest BCUT2D eigenvalue weighted by Crippen LogP contribution is 2.09. The number of hydrogen-bond donors (Lipinski definition) is 1. The van der Waals surface area contributed by atoms with Crippen LogP contribution in [-0.4, -0.2) is 36.5 Å². The van der Waals surface area contributed by atoms with Crippen LogP contribution < -0.4 is 5.32 Å². The van der Waals surface area contributed by atoms with Gasteiger partial charge in [-0.1, -0.05) is 27.7 Å². The fraction of sp³-hybridized carbons (Fsp3) is 0.917. The van der Waals surface area contributed by atoms with Crippen LogP contribution in [0, 0.1) is 0 Å². The third-order valence-electron chi connectivity index (χ3n) is 2.64. The summed E-state index contributed by atoms with van der Waals surface area (Å²) in [5.74, 6) is 0.183. The highest BCUT2D eigenvalue weighted by atomic mass is 16.1. The van der Waals surface area contributed by atoms with Gasteiger partial charge in [-0.05, 0) is 25.9 Å². The summed E-state index contributed by atoms with van der Waals surface area (Å²) >= 11 is 0. The zero-order valence-electron chi connectivity index (χ0n) is 10.7. The van der Waals surface area contributed by atoms with Crippen molar-refractivity contribution in [1.29, 1.82) is 0 Å². The number of amides is 1. The number of rotatable bonds is 3. The number of nitrogens with zero attached hydrogens (tertiary/aromatic N) is 1. The molecule has 0 bridgehead atoms. The van der Waals surface area contributed by atoms with E-state index in [0.29, 0.717) is 12.5 Å². The lowest BCUT2D eigenvalue weighted by molar-refractivity contribution is -0.121. The molecule has 0 spiro atoms. The first-order chi connectivity index (χ1) is 7.26. The van der Waals surface area contributed by atoms with Crippen LogP contribution in [0.15, 0.2) is 0 Å². The molecule has 1 heterocycles. The van der Waals surface area contributed by atoms with Gasteiger partial charge >= 0.3 is 0 Å². The third kappa shape index (κ3) is 5.78. The molecule has 90 valence electrons. The summed E-state index contributed by atoms with van der Waals surface area (Å²) in [5.41, 5.74) is 0. The van der Waals surface area contributed by atoms with Gasteiger partial charge in [0.25, 0.3) is 0 Å². The number of carbonyl (C=O) groups excluding carboxylic acids is 1. The molecule has 1 aliphatic rings. The smallest absolute Gasteiger partial charge is 0.219 e. The summed E-state index contributed by atoms with van der Waals surface area (Å²) in [6, 6.07) is 0.390. The minimum Gasteiger partial charge on any atom is -0.352 e. The van der Waals surface area contributed by atoms with E-state index in [2.05, 4.69) is 17.1 Å². The maximum atomic E-state index is 11.1. The molecule has 0 aromatic carbocycles. The fourth-order valence-electron chi connectivity index (χ4n) is 1.79. The summed E-state index contributed by atoms with van der Waals surface area (Å²) in [7, 11) is 0. The summed E-state index contributed by atoms with van der Waals surface area (Å²) in [5, 5.41) is 3.05. The molecule has 1 fully saturated rings. The van der Waals surface area contributed by atoms with E-state index < -0.39 is 0 Å². The second-order valence-corrected chi connectivity index (χ2v) is 3.65. The topological polar surface area (TPSA) is 32.3 Å². The quantitative estimate of drug-likeness (QED) is 0.779. The number of piperidine rings is 1. The van der Waals surface area contributed by atoms with Gasteiger partial charge in [-0.25, -0.2) is 0 Å². The highest BCUT2D eigenvalue weighted by Gasteiger charge is 2.19. The third-order valence-corrected chi connectivity index (χ3v) is 2.64. The van der Waals surface area contributed by atoms with Crippen LogP contribution in [0.3, 0.4) is 0 Å². The van der Waals surface area contributed by atoms with Crippen molar-refractivity contribution in [2.75, 3.05) is 19.6 Å². The lowest BCUT2D eigenvalue weighted by Gasteiger charge is -2.32. The first kappa shape index (κ1) is 14.4. The van der Waals surface area contributed by atoms with Gasteiger partial charge in [0.15, 0.2) is 0 Å². The average Bonchev–Trinajstić information content (AvgIpc) is 2.31. The molecule has 1 rings (SSSR count). The summed E-state index contributed by atoms with van der Waals surface area (Å²) in [6.07, 6.45) is 2.95. The van der Waals surface area contributed by atoms with Gasteiger partial charge < -0.3 is 10.2 Å². The van der Waals surface area contributed by atoms with Crippen molar-refractivity contribution in [2.24, 2.45) is 0 Å². The Labute approximate surface area is 94.2 Å². The number of likely N-dealkylation sites (N-methyl/N-ethyl adjacent to an activating group) is 1. The Bertz CT molecular complexity index is 171. The Balaban J connectivity index is 0.000000921. The van der Waals surface area contributed by atoms with Crippen molar-refractivity contribution in [3.63, 3.8) is 0 Å². The van der Waals surface area contributed by atoms with Gasteiger partial charge in [-0.15, -0.1) is 0 Å². The minimum atomic E-state index is 0.183. The van der Waals surface area contributed by atoms with Gasteiger partial charge in [0.2, 0.25) is 5.91 Å². The van der Waals surface area contributed by atoms with Crippen LogP contribution >= 0.6 is 0 Å². The molecular formula is C12H26N2O. The zero-order valence-corrected chi connectivity index (χ0v) is 10.7. The van der Waals surface area contributed by atoms with Crippen molar-refractivity contribution >= 4 is 5.91 Å². The summed E-state index contributed by atoms with van der Waals surface area (Å²) in [4.78, 5) is 13.5. The van der Waals surface area contributed by atoms with E-state index in [9.17, 15) is 4.79 Å². The van der Waals surface area contributed by atoms with Crippen molar-refractivity contribution in [1.82, 2.24) is 10.2 Å². The lowest BCUT2D eigenvalue weighted by Crippen LogP contribution is -2.47. The number of likely N-dealkylation sites (tertiary alicyclic amines) is 1. The second-order valence-electron chi connectivity index (χ2n) is 3.65. The molecule has 1 amide bonds. The van der Waals surface area contributed by atoms with E-state index in [1.807, 2.05) is 20.8 Å². The maximum absolute atomic E-state index is 11.1. The van der Waals surface area contributed by atoms with Crippen LogP contribution in [0.25, 0.3) is 0 Å². The molecule has 0 aliphatic carbocycles. The van der Waals surface area contributed by atoms with Crippen molar-refractivity contribution < 1.29 is 4.79 Å². The molecule has 1 atom stereocenters. The predicted molar refractivity (Wildman–Crippen MR) is 64.9 cm³/mol. The van der Waals surface area contributed by atoms with Crippen LogP contribution in [-0.2, 0) is 4.79 Å². The average molecular weight is 214 g/mol. The van der Waals surface area contributed by atoms with Gasteiger partial charge in [0, 0.05) is 19.0 Å². The first-order valence-corrected chi connectivity index (χ1v) is 6.28. The van der Waals surface area contributed by atoms with E-state index in [1.165, 1.54) is 13.0 Å². The van der Waals surface area contributed by atoms with Crippen LogP contribution in [0.5, 0.6) is 0 Å². The van der Waals surface area contributed by atoms with Gasteiger partial charge in [-0.2, -0.15) is 0 Å². The molecule has 1 saturated heterocycles. The number of hydrogen-bond acceptors (Lipinski definition) is 2. The van der Waals surface area contributed by atoms with Gasteiger partial charge in [0.1, 0.15) is 0 Å². The van der Waals surface area contributed by atoms with E-state index in [0.717, 1.165) is 19.5 Å². The molecule has 3 heteroatoms. The van der Waals surface area contributed by atoms with E-state index in [1.54, 1.807) is 0 Å². The molecule has 1 aliphatic heterocycles. The normalized spacial score (nSPS) is 21.5. The SMILES string of the molecule is CC.CCC(=O)NC1CCCN(CC)C1. The van der Waals surface area contributed by atoms with Crippen LogP contribution in [0.1, 0.15) is 47.0 Å². The largest absolute Gasteiger partial charge is 0.352 e. The minimum absolute atomic E-state index is 0.183. The van der Waals surface area contributed by atoms with Crippen molar-refractivity contribution in [3.8, 4) is 0 Å². The summed E-state index contributed by atoms with van der Waals surface area (Å²) < 4.78 is 0. The molecular weight excluding hydrogens is 188 g/mol. The van der Waals surface area contributed by atoms with E-state index >= 15 is 0 Å². The maximum Gasteiger partial charge on any atom is 0.219 e. The van der Waals surface area contributed by atoms with E-state index in [4.69, 9.17) is 0 Å². The second kappa shape index (κ2) is 8.72. The molecule has 0 aromatic rings. The number of nitrogens with one attached hydrogen (secondary N) is 1. The van der Waals surface area contributed by atoms with Crippen LogP contribution in [0.4, 0.5) is 0 Å². The zero-order chi connectivity index (χ0) is 11.7. The summed E-state index contributed by atoms with van der Waals surface area (Å²) in [6.45, 7) is 11.4. The Morgan fingerprint density at radius 2 is 2.07 bits per heavy atom. The fourth-order valence-corrected chi connectivity index (χ4v) is 1.79. The molecule has 15 heavy (non-hydrogen) atoms. The van der Waals surface area contributed by atoms with Crippen molar-refractivity contribution in [2.45, 2.75) is 53.0 Å². The van der Waals surface area contributed by atoms with Gasteiger partial charge in [-0.3, -0.25) is 4.79 Å². The van der Waals surface area contributed by atoms with E-state index in [-0.39, 0.29) is 5.91 Å². The highest BCUT2D eigenvalue weighted by molar-refractivity contribution is 5.75. The molecule has 1 unspecified atom stereocenters. The monoisotopic (exact) mass is 214 g/mol. The van der Waals surface area contributed by atoms with Gasteiger partial charge in [0.05, 0.1) is 0 Å². The first-order valence-electron chi connectivity index (χ1n) is 6.28. The molecule has 0 radical (unpaired) electrons. The molecule has 1 N–H and O–H groups in total. The lowest BCUT2D eigenvalue weighted by atomic mass is 10.1. The molecule has 0 saturated carbocycles. The van der Waals surface area contributed by atoms with Crippen molar-refractivity contribution in [3.05, 3.63) is 0 Å². The number of carbonyl (C=O) groups is 1. The predicted octanol–water partition coefficient (Wildman–Crippen LogP) is 2.02. The molecule has 0 aromatic heterocycles. The standard InChI is InChI=1S/C10H20N2O.C2H6/c1-3-10(13)11-9-6-5-7-12(4-2)8-9;1-2/h9H,3-8H2,1-2H3,(H,11,13);1-2H3. The molecule has 3 nitrogen and oxygen atoms in total.